The number of nitrogens with zero attached hydrogens (tertiary/aromatic N) is 1. The number of nitrogens with one attached hydrogen (secondary N) is 3. The lowest BCUT2D eigenvalue weighted by atomic mass is 9.84. The zero-order valence-corrected chi connectivity index (χ0v) is 28.0. The zero-order chi connectivity index (χ0) is 35.8. The van der Waals surface area contributed by atoms with Crippen LogP contribution in [0.2, 0.25) is 0 Å². The minimum absolute atomic E-state index is 0.0461. The summed E-state index contributed by atoms with van der Waals surface area (Å²) in [5.74, 6) is -3.77. The first-order chi connectivity index (χ1) is 24.0. The smallest absolute Gasteiger partial charge is 0.321 e. The molecule has 2 aromatic carbocycles. The van der Waals surface area contributed by atoms with Crippen LogP contribution in [0.3, 0.4) is 0 Å². The average Bonchev–Trinajstić information content (AvgIpc) is 3.36. The van der Waals surface area contributed by atoms with Crippen molar-refractivity contribution < 1.29 is 33.0 Å². The number of rotatable bonds is 13. The van der Waals surface area contributed by atoms with Gasteiger partial charge in [0.15, 0.2) is 23.1 Å². The molecule has 2 heterocycles. The van der Waals surface area contributed by atoms with E-state index in [1.54, 1.807) is 30.5 Å². The zero-order valence-electron chi connectivity index (χ0n) is 28.0. The number of hydrogen-bond donors (Lipinski definition) is 4. The molecule has 0 radical (unpaired) electrons. The van der Waals surface area contributed by atoms with E-state index in [1.807, 2.05) is 31.2 Å². The van der Waals surface area contributed by atoms with Crippen molar-refractivity contribution in [2.24, 2.45) is 10.9 Å². The first-order valence-corrected chi connectivity index (χ1v) is 16.5. The van der Waals surface area contributed by atoms with Gasteiger partial charge in [-0.05, 0) is 92.3 Å². The Balaban J connectivity index is 1.18. The molecule has 0 saturated heterocycles. The fourth-order valence-corrected chi connectivity index (χ4v) is 6.21. The molecule has 2 aromatic rings. The Kier molecular flexibility index (Phi) is 11.8. The van der Waals surface area contributed by atoms with Gasteiger partial charge in [0.1, 0.15) is 6.04 Å². The summed E-state index contributed by atoms with van der Waals surface area (Å²) in [5, 5.41) is 23.9. The van der Waals surface area contributed by atoms with E-state index in [0.717, 1.165) is 22.7 Å². The first-order valence-electron chi connectivity index (χ1n) is 16.5. The summed E-state index contributed by atoms with van der Waals surface area (Å²) in [6.45, 7) is 2.33. The number of carbonyl (C=O) groups is 3. The third kappa shape index (κ3) is 8.64. The lowest BCUT2D eigenvalue weighted by Gasteiger charge is -2.26. The molecule has 0 aromatic heterocycles. The number of benzene rings is 2. The maximum Gasteiger partial charge on any atom is 0.321 e. The fraction of sp³-hybridized carbons (Fsp3) is 0.308. The summed E-state index contributed by atoms with van der Waals surface area (Å²) in [7, 11) is 1.29. The van der Waals surface area contributed by atoms with E-state index in [-0.39, 0.29) is 47.4 Å². The van der Waals surface area contributed by atoms with Crippen LogP contribution in [0.25, 0.3) is 5.57 Å². The minimum atomic E-state index is -1.03. The summed E-state index contributed by atoms with van der Waals surface area (Å²) in [5.41, 5.74) is 5.01. The van der Waals surface area contributed by atoms with Crippen LogP contribution in [0.15, 0.2) is 89.3 Å². The lowest BCUT2D eigenvalue weighted by Crippen LogP contribution is -2.36. The van der Waals surface area contributed by atoms with E-state index in [1.165, 1.54) is 25.3 Å². The highest BCUT2D eigenvalue weighted by Crippen LogP contribution is 2.37. The highest BCUT2D eigenvalue weighted by atomic mass is 19.2. The number of ether oxygens (including phenoxy) is 1. The van der Waals surface area contributed by atoms with E-state index in [0.29, 0.717) is 55.4 Å². The van der Waals surface area contributed by atoms with Gasteiger partial charge in [-0.15, -0.1) is 0 Å². The Labute approximate surface area is 289 Å². The highest BCUT2D eigenvalue weighted by Gasteiger charge is 2.27. The standard InChI is InChI=1S/C39H40F2N4O5/c1-23-18-27(45-31-11-5-3-8-24-19-32(31)44-22-30(24)29-15-16-36(50-2)38(41)37(29)40)13-14-28(23)35(47)21-26(42)10-4-6-12-34(46)25-9-7-17-43-33(20-25)39(48)49/h3,6,8-9,11-16,18,22,24,33,42-43,45H,4-5,7,10,17,19-21H2,1-2H3,(H,48,49)/b8-3-,12-6+,31-11-,42-26?/t24?,33-/m0/s1. The van der Waals surface area contributed by atoms with Crippen LogP contribution >= 0.6 is 0 Å². The van der Waals surface area contributed by atoms with Gasteiger partial charge in [-0.3, -0.25) is 19.4 Å². The number of anilines is 1. The molecule has 260 valence electrons. The average molecular weight is 683 g/mol. The number of halogens is 2. The Bertz CT molecular complexity index is 1890. The van der Waals surface area contributed by atoms with Crippen molar-refractivity contribution in [2.75, 3.05) is 19.0 Å². The fourth-order valence-electron chi connectivity index (χ4n) is 6.21. The normalized spacial score (nSPS) is 20.6. The van der Waals surface area contributed by atoms with Crippen molar-refractivity contribution in [3.8, 4) is 5.75 Å². The van der Waals surface area contributed by atoms with E-state index in [2.05, 4.69) is 15.6 Å². The third-order valence-corrected chi connectivity index (χ3v) is 8.91. The number of aliphatic carboxylic acids is 1. The predicted molar refractivity (Wildman–Crippen MR) is 190 cm³/mol. The van der Waals surface area contributed by atoms with Crippen LogP contribution in [-0.4, -0.2) is 53.8 Å². The Hall–Kier alpha value is -5.29. The number of aryl methyl sites for hydroxylation is 1. The number of allylic oxidation sites excluding steroid dienone is 7. The molecule has 1 unspecified atom stereocenters. The van der Waals surface area contributed by atoms with Crippen LogP contribution in [-0.2, 0) is 9.59 Å². The van der Waals surface area contributed by atoms with Gasteiger partial charge in [-0.25, -0.2) is 4.39 Å². The molecule has 0 spiro atoms. The van der Waals surface area contributed by atoms with Crippen LogP contribution in [0.1, 0.15) is 66.4 Å². The summed E-state index contributed by atoms with van der Waals surface area (Å²) >= 11 is 0. The lowest BCUT2D eigenvalue weighted by molar-refractivity contribution is -0.139. The molecule has 2 aliphatic heterocycles. The summed E-state index contributed by atoms with van der Waals surface area (Å²) < 4.78 is 34.3. The molecule has 4 N–H and O–H groups in total. The van der Waals surface area contributed by atoms with Gasteiger partial charge in [0.05, 0.1) is 18.5 Å². The topological polar surface area (TPSA) is 141 Å². The van der Waals surface area contributed by atoms with E-state index in [9.17, 15) is 28.3 Å². The third-order valence-electron chi connectivity index (χ3n) is 8.91. The van der Waals surface area contributed by atoms with Crippen molar-refractivity contribution in [3.63, 3.8) is 0 Å². The minimum Gasteiger partial charge on any atom is -0.494 e. The SMILES string of the molecule is COc1ccc(C2=CN=C3CC2/C=C\C/C=C/3Nc2ccc(C(=O)CC(=N)CC/C=C/C(=O)C3=CCCN[C@H](C(=O)O)C3)c(C)c2)c(F)c1F. The number of methoxy groups -OCH3 is 1. The van der Waals surface area contributed by atoms with Crippen molar-refractivity contribution in [1.29, 1.82) is 5.41 Å². The number of ketones is 2. The van der Waals surface area contributed by atoms with Crippen molar-refractivity contribution in [3.05, 3.63) is 113 Å². The summed E-state index contributed by atoms with van der Waals surface area (Å²) in [4.78, 5) is 41.6. The number of carboxylic acids is 1. The van der Waals surface area contributed by atoms with Crippen LogP contribution in [0, 0.1) is 29.9 Å². The number of aliphatic imine (C=N–C) groups is 1. The first kappa shape index (κ1) is 36.0. The molecule has 0 saturated carbocycles. The van der Waals surface area contributed by atoms with Crippen LogP contribution < -0.4 is 15.4 Å². The maximum atomic E-state index is 14.9. The van der Waals surface area contributed by atoms with Crippen LogP contribution in [0.5, 0.6) is 5.75 Å². The Morgan fingerprint density at radius 1 is 1.14 bits per heavy atom. The Morgan fingerprint density at radius 2 is 1.96 bits per heavy atom. The van der Waals surface area contributed by atoms with Gasteiger partial charge in [0.2, 0.25) is 5.82 Å². The number of fused-ring (bicyclic) bond motifs is 2. The molecule has 3 aliphatic rings. The predicted octanol–water partition coefficient (Wildman–Crippen LogP) is 7.30. The van der Waals surface area contributed by atoms with Gasteiger partial charge in [0.25, 0.3) is 0 Å². The molecule has 11 heteroatoms. The Morgan fingerprint density at radius 3 is 2.72 bits per heavy atom. The largest absolute Gasteiger partial charge is 0.494 e. The van der Waals surface area contributed by atoms with Crippen molar-refractivity contribution in [1.82, 2.24) is 5.32 Å². The number of carbonyl (C=O) groups excluding carboxylic acids is 2. The molecular weight excluding hydrogens is 642 g/mol. The maximum absolute atomic E-state index is 14.9. The molecule has 0 amide bonds. The van der Waals surface area contributed by atoms with Gasteiger partial charge >= 0.3 is 5.97 Å². The molecule has 2 atom stereocenters. The molecule has 5 rings (SSSR count). The molecule has 2 bridgehead atoms. The second-order valence-corrected chi connectivity index (χ2v) is 12.4. The van der Waals surface area contributed by atoms with Crippen LogP contribution in [0.4, 0.5) is 14.5 Å². The molecule has 50 heavy (non-hydrogen) atoms. The van der Waals surface area contributed by atoms with Gasteiger partial charge in [0, 0.05) is 53.9 Å². The quantitative estimate of drug-likeness (QED) is 0.0752. The second-order valence-electron chi connectivity index (χ2n) is 12.4. The second kappa shape index (κ2) is 16.4. The monoisotopic (exact) mass is 682 g/mol. The molecule has 1 aliphatic carbocycles. The molecule has 9 nitrogen and oxygen atoms in total. The molecule has 0 fully saturated rings. The van der Waals surface area contributed by atoms with Gasteiger partial charge < -0.3 is 25.9 Å². The summed E-state index contributed by atoms with van der Waals surface area (Å²) in [6.07, 6.45) is 14.9. The number of carboxylic acid groups (broad SMARTS) is 1. The highest BCUT2D eigenvalue weighted by molar-refractivity contribution is 6.10. The van der Waals surface area contributed by atoms with Crippen molar-refractivity contribution >= 4 is 40.2 Å². The van der Waals surface area contributed by atoms with E-state index >= 15 is 0 Å². The molecular formula is C39H40F2N4O5. The summed E-state index contributed by atoms with van der Waals surface area (Å²) in [6, 6.07) is 7.53. The van der Waals surface area contributed by atoms with E-state index < -0.39 is 23.6 Å². The van der Waals surface area contributed by atoms with Gasteiger partial charge in [-0.1, -0.05) is 30.4 Å². The number of hydrogen-bond acceptors (Lipinski definition) is 8. The number of Topliss-reactive ketones (excluding diaryl/α,β-unsaturated/α-hetero) is 1. The van der Waals surface area contributed by atoms with Crippen molar-refractivity contribution in [2.45, 2.75) is 57.9 Å². The van der Waals surface area contributed by atoms with E-state index in [4.69, 9.17) is 10.1 Å². The van der Waals surface area contributed by atoms with Gasteiger partial charge in [-0.2, -0.15) is 4.39 Å².